The number of rotatable bonds is 4. The number of nitrogens with one attached hydrogen (secondary N) is 1. The summed E-state index contributed by atoms with van der Waals surface area (Å²) in [6.07, 6.45) is 0.643. The van der Waals surface area contributed by atoms with Crippen molar-refractivity contribution in [1.82, 2.24) is 9.88 Å². The van der Waals surface area contributed by atoms with Gasteiger partial charge in [0.05, 0.1) is 19.2 Å². The van der Waals surface area contributed by atoms with E-state index in [1.54, 1.807) is 4.90 Å². The van der Waals surface area contributed by atoms with Crippen LogP contribution in [0.25, 0.3) is 10.9 Å². The lowest BCUT2D eigenvalue weighted by molar-refractivity contribution is -0.138. The van der Waals surface area contributed by atoms with Crippen LogP contribution in [-0.2, 0) is 17.8 Å². The number of amides is 1. The Kier molecular flexibility index (Phi) is 4.85. The first-order valence-electron chi connectivity index (χ1n) is 9.68. The van der Waals surface area contributed by atoms with Crippen LogP contribution in [0.3, 0.4) is 0 Å². The Bertz CT molecular complexity index is 1040. The van der Waals surface area contributed by atoms with Gasteiger partial charge in [-0.25, -0.2) is 0 Å². The van der Waals surface area contributed by atoms with Gasteiger partial charge < -0.3 is 19.7 Å². The first kappa shape index (κ1) is 18.6. The third-order valence-electron chi connectivity index (χ3n) is 5.86. The minimum absolute atomic E-state index is 0.0306. The number of aryl methyl sites for hydroxylation is 2. The van der Waals surface area contributed by atoms with Crippen molar-refractivity contribution in [2.24, 2.45) is 0 Å². The predicted molar refractivity (Wildman–Crippen MR) is 110 cm³/mol. The average molecular weight is 378 g/mol. The SMILES string of the molecule is Cc1ccc(C)c(OCC(=O)N2Cc3[nH]c4ccccc4c3CC2CO)c1C. The molecule has 146 valence electrons. The molecule has 0 fully saturated rings. The highest BCUT2D eigenvalue weighted by Gasteiger charge is 2.31. The molecule has 1 amide bonds. The van der Waals surface area contributed by atoms with E-state index in [1.165, 1.54) is 10.9 Å². The van der Waals surface area contributed by atoms with Gasteiger partial charge in [-0.1, -0.05) is 30.3 Å². The van der Waals surface area contributed by atoms with E-state index in [2.05, 4.69) is 17.1 Å². The molecule has 0 saturated carbocycles. The number of benzene rings is 2. The van der Waals surface area contributed by atoms with Crippen LogP contribution in [0.1, 0.15) is 27.9 Å². The summed E-state index contributed by atoms with van der Waals surface area (Å²) < 4.78 is 5.92. The monoisotopic (exact) mass is 378 g/mol. The molecular formula is C23H26N2O3. The van der Waals surface area contributed by atoms with E-state index < -0.39 is 0 Å². The van der Waals surface area contributed by atoms with E-state index >= 15 is 0 Å². The van der Waals surface area contributed by atoms with E-state index in [1.807, 2.05) is 45.0 Å². The van der Waals surface area contributed by atoms with Gasteiger partial charge in [0.2, 0.25) is 0 Å². The number of hydrogen-bond donors (Lipinski definition) is 2. The summed E-state index contributed by atoms with van der Waals surface area (Å²) in [4.78, 5) is 18.1. The van der Waals surface area contributed by atoms with Gasteiger partial charge in [0.15, 0.2) is 6.61 Å². The zero-order valence-corrected chi connectivity index (χ0v) is 16.6. The Balaban J connectivity index is 1.55. The van der Waals surface area contributed by atoms with Crippen LogP contribution in [0, 0.1) is 20.8 Å². The summed E-state index contributed by atoms with van der Waals surface area (Å²) in [7, 11) is 0. The lowest BCUT2D eigenvalue weighted by atomic mass is 9.97. The molecule has 0 saturated heterocycles. The van der Waals surface area contributed by atoms with Crippen LogP contribution in [-0.4, -0.2) is 40.2 Å². The second-order valence-corrected chi connectivity index (χ2v) is 7.63. The fourth-order valence-corrected chi connectivity index (χ4v) is 4.09. The normalized spacial score (nSPS) is 16.3. The van der Waals surface area contributed by atoms with Gasteiger partial charge in [-0.3, -0.25) is 4.79 Å². The third kappa shape index (κ3) is 3.16. The largest absolute Gasteiger partial charge is 0.483 e. The molecule has 1 atom stereocenters. The highest BCUT2D eigenvalue weighted by atomic mass is 16.5. The Hall–Kier alpha value is -2.79. The molecule has 0 aliphatic carbocycles. The van der Waals surface area contributed by atoms with Gasteiger partial charge in [-0.05, 0) is 55.5 Å². The summed E-state index contributed by atoms with van der Waals surface area (Å²) in [6, 6.07) is 12.0. The van der Waals surface area contributed by atoms with E-state index in [4.69, 9.17) is 4.74 Å². The molecule has 2 N–H and O–H groups in total. The summed E-state index contributed by atoms with van der Waals surface area (Å²) in [5.41, 5.74) is 6.53. The predicted octanol–water partition coefficient (Wildman–Crippen LogP) is 3.42. The number of hydrogen-bond acceptors (Lipinski definition) is 3. The minimum Gasteiger partial charge on any atom is -0.483 e. The number of aromatic amines is 1. The smallest absolute Gasteiger partial charge is 0.261 e. The van der Waals surface area contributed by atoms with E-state index in [9.17, 15) is 9.90 Å². The van der Waals surface area contributed by atoms with Crippen LogP contribution in [0.4, 0.5) is 0 Å². The van der Waals surface area contributed by atoms with Crippen molar-refractivity contribution in [3.05, 3.63) is 64.3 Å². The van der Waals surface area contributed by atoms with Gasteiger partial charge >= 0.3 is 0 Å². The number of aliphatic hydroxyl groups is 1. The average Bonchev–Trinajstić information content (AvgIpc) is 3.07. The number of para-hydroxylation sites is 1. The Labute approximate surface area is 164 Å². The van der Waals surface area contributed by atoms with Crippen LogP contribution in [0.2, 0.25) is 0 Å². The van der Waals surface area contributed by atoms with E-state index in [-0.39, 0.29) is 25.2 Å². The fourth-order valence-electron chi connectivity index (χ4n) is 4.09. The highest BCUT2D eigenvalue weighted by Crippen LogP contribution is 2.31. The molecular weight excluding hydrogens is 352 g/mol. The zero-order chi connectivity index (χ0) is 19.8. The van der Waals surface area contributed by atoms with Crippen LogP contribution < -0.4 is 4.74 Å². The van der Waals surface area contributed by atoms with Gasteiger partial charge in [0.1, 0.15) is 5.75 Å². The van der Waals surface area contributed by atoms with Gasteiger partial charge in [-0.2, -0.15) is 0 Å². The van der Waals surface area contributed by atoms with Crippen molar-refractivity contribution in [3.8, 4) is 5.75 Å². The first-order chi connectivity index (χ1) is 13.5. The van der Waals surface area contributed by atoms with Crippen LogP contribution in [0.5, 0.6) is 5.75 Å². The number of nitrogens with zero attached hydrogens (tertiary/aromatic N) is 1. The number of fused-ring (bicyclic) bond motifs is 3. The molecule has 1 aliphatic heterocycles. The molecule has 5 heteroatoms. The zero-order valence-electron chi connectivity index (χ0n) is 16.6. The van der Waals surface area contributed by atoms with Crippen LogP contribution >= 0.6 is 0 Å². The summed E-state index contributed by atoms with van der Waals surface area (Å²) >= 11 is 0. The topological polar surface area (TPSA) is 65.6 Å². The fraction of sp³-hybridized carbons (Fsp3) is 0.348. The molecule has 3 aromatic rings. The van der Waals surface area contributed by atoms with Crippen molar-refractivity contribution in [1.29, 1.82) is 0 Å². The summed E-state index contributed by atoms with van der Waals surface area (Å²) in [5.74, 6) is 0.667. The molecule has 1 aliphatic rings. The minimum atomic E-state index is -0.234. The molecule has 0 radical (unpaired) electrons. The van der Waals surface area contributed by atoms with Crippen molar-refractivity contribution >= 4 is 16.8 Å². The van der Waals surface area contributed by atoms with Crippen molar-refractivity contribution < 1.29 is 14.6 Å². The molecule has 0 spiro atoms. The number of H-pyrrole nitrogens is 1. The molecule has 2 heterocycles. The standard InChI is InChI=1S/C23H26N2O3/c1-14-8-9-15(2)23(16(14)3)28-13-22(27)25-11-21-19(10-17(25)12-26)18-6-4-5-7-20(18)24-21/h4-9,17,24,26H,10-13H2,1-3H3. The second-order valence-electron chi connectivity index (χ2n) is 7.63. The van der Waals surface area contributed by atoms with Gasteiger partial charge in [0.25, 0.3) is 5.91 Å². The van der Waals surface area contributed by atoms with Gasteiger partial charge in [0, 0.05) is 16.6 Å². The number of ether oxygens (including phenoxy) is 1. The van der Waals surface area contributed by atoms with Crippen molar-refractivity contribution in [2.75, 3.05) is 13.2 Å². The third-order valence-corrected chi connectivity index (χ3v) is 5.86. The molecule has 2 aromatic carbocycles. The number of aromatic nitrogens is 1. The molecule has 0 bridgehead atoms. The quantitative estimate of drug-likeness (QED) is 0.731. The Morgan fingerprint density at radius 2 is 1.93 bits per heavy atom. The summed E-state index contributed by atoms with van der Waals surface area (Å²) in [6.45, 7) is 6.40. The maximum Gasteiger partial charge on any atom is 0.261 e. The number of aliphatic hydroxyl groups excluding tert-OH is 1. The maximum atomic E-state index is 12.9. The van der Waals surface area contributed by atoms with Crippen molar-refractivity contribution in [2.45, 2.75) is 39.8 Å². The molecule has 4 rings (SSSR count). The molecule has 28 heavy (non-hydrogen) atoms. The molecule has 1 unspecified atom stereocenters. The Morgan fingerprint density at radius 3 is 2.71 bits per heavy atom. The highest BCUT2D eigenvalue weighted by molar-refractivity contribution is 5.86. The Morgan fingerprint density at radius 1 is 1.18 bits per heavy atom. The van der Waals surface area contributed by atoms with Crippen molar-refractivity contribution in [3.63, 3.8) is 0 Å². The van der Waals surface area contributed by atoms with E-state index in [0.717, 1.165) is 33.7 Å². The maximum absolute atomic E-state index is 12.9. The second kappa shape index (κ2) is 7.32. The number of carbonyl (C=O) groups is 1. The van der Waals surface area contributed by atoms with E-state index in [0.29, 0.717) is 13.0 Å². The summed E-state index contributed by atoms with van der Waals surface area (Å²) in [5, 5.41) is 11.1. The first-order valence-corrected chi connectivity index (χ1v) is 9.68. The lowest BCUT2D eigenvalue weighted by Crippen LogP contribution is -2.48. The lowest BCUT2D eigenvalue weighted by Gasteiger charge is -2.34. The number of carbonyl (C=O) groups excluding carboxylic acids is 1. The molecule has 5 nitrogen and oxygen atoms in total. The van der Waals surface area contributed by atoms with Crippen LogP contribution in [0.15, 0.2) is 36.4 Å². The molecule has 1 aromatic heterocycles. The van der Waals surface area contributed by atoms with Gasteiger partial charge in [-0.15, -0.1) is 0 Å².